The van der Waals surface area contributed by atoms with E-state index in [4.69, 9.17) is 22.1 Å². The molecule has 2 N–H and O–H groups in total. The maximum absolute atomic E-state index is 13.1. The van der Waals surface area contributed by atoms with Crippen LogP contribution in [0.4, 0.5) is 5.69 Å². The van der Waals surface area contributed by atoms with Crippen molar-refractivity contribution in [2.24, 2.45) is 11.1 Å². The second-order valence-electron chi connectivity index (χ2n) is 7.57. The molecule has 2 atom stereocenters. The van der Waals surface area contributed by atoms with Crippen LogP contribution in [-0.2, 0) is 9.53 Å². The molecule has 1 aromatic rings. The van der Waals surface area contributed by atoms with Gasteiger partial charge in [0.05, 0.1) is 16.8 Å². The Labute approximate surface area is 179 Å². The molecule has 1 saturated carbocycles. The molecule has 1 heterocycles. The summed E-state index contributed by atoms with van der Waals surface area (Å²) in [7, 11) is 0. The molecular formula is C19H30Cl3N3O2. The number of anilines is 1. The number of ether oxygens (including phenoxy) is 1. The van der Waals surface area contributed by atoms with Gasteiger partial charge in [0.2, 0.25) is 5.91 Å². The van der Waals surface area contributed by atoms with E-state index in [2.05, 4.69) is 4.90 Å². The Morgan fingerprint density at radius 2 is 1.81 bits per heavy atom. The molecule has 0 radical (unpaired) electrons. The van der Waals surface area contributed by atoms with Gasteiger partial charge in [-0.3, -0.25) is 4.79 Å². The Morgan fingerprint density at radius 3 is 2.33 bits per heavy atom. The van der Waals surface area contributed by atoms with Crippen LogP contribution in [0.2, 0.25) is 5.02 Å². The zero-order chi connectivity index (χ0) is 18.2. The Balaban J connectivity index is 0.00000182. The van der Waals surface area contributed by atoms with Crippen LogP contribution in [0.15, 0.2) is 24.3 Å². The van der Waals surface area contributed by atoms with Gasteiger partial charge in [0.25, 0.3) is 0 Å². The lowest BCUT2D eigenvalue weighted by atomic mass is 9.54. The van der Waals surface area contributed by atoms with Crippen LogP contribution in [0.3, 0.4) is 0 Å². The average Bonchev–Trinajstić information content (AvgIpc) is 2.61. The summed E-state index contributed by atoms with van der Waals surface area (Å²) in [5, 5.41) is 0.747. The second kappa shape index (κ2) is 9.19. The van der Waals surface area contributed by atoms with Crippen LogP contribution in [0, 0.1) is 5.41 Å². The van der Waals surface area contributed by atoms with E-state index in [-0.39, 0.29) is 42.2 Å². The molecule has 5 nitrogen and oxygen atoms in total. The van der Waals surface area contributed by atoms with Gasteiger partial charge in [0, 0.05) is 44.6 Å². The van der Waals surface area contributed by atoms with E-state index in [9.17, 15) is 4.79 Å². The smallest absolute Gasteiger partial charge is 0.243 e. The SMILES string of the molecule is CCOC1CC(N)(C(=O)N2CCN(c3ccccc3Cl)CC2)C1(C)C.Cl.Cl. The fourth-order valence-electron chi connectivity index (χ4n) is 3.94. The maximum atomic E-state index is 13.1. The van der Waals surface area contributed by atoms with E-state index < -0.39 is 5.54 Å². The summed E-state index contributed by atoms with van der Waals surface area (Å²) in [6, 6.07) is 7.83. The molecule has 154 valence electrons. The Morgan fingerprint density at radius 1 is 1.22 bits per heavy atom. The fraction of sp³-hybridized carbons (Fsp3) is 0.632. The predicted molar refractivity (Wildman–Crippen MR) is 115 cm³/mol. The van der Waals surface area contributed by atoms with Gasteiger partial charge in [-0.15, -0.1) is 24.8 Å². The van der Waals surface area contributed by atoms with Gasteiger partial charge in [-0.2, -0.15) is 0 Å². The Kier molecular flexibility index (Phi) is 8.27. The molecule has 3 rings (SSSR count). The molecule has 0 spiro atoms. The van der Waals surface area contributed by atoms with Gasteiger partial charge in [-0.05, 0) is 19.1 Å². The molecule has 2 aliphatic rings. The first-order valence-electron chi connectivity index (χ1n) is 9.00. The number of carbonyl (C=O) groups is 1. The second-order valence-corrected chi connectivity index (χ2v) is 7.98. The van der Waals surface area contributed by atoms with E-state index in [1.807, 2.05) is 49.9 Å². The molecule has 1 amide bonds. The summed E-state index contributed by atoms with van der Waals surface area (Å²) in [5.74, 6) is 0.0484. The first-order valence-corrected chi connectivity index (χ1v) is 9.38. The summed E-state index contributed by atoms with van der Waals surface area (Å²) in [6.07, 6.45) is 0.646. The molecule has 1 aromatic carbocycles. The quantitative estimate of drug-likeness (QED) is 0.783. The summed E-state index contributed by atoms with van der Waals surface area (Å²) in [5.41, 5.74) is 6.39. The monoisotopic (exact) mass is 437 g/mol. The standard InChI is InChI=1S/C19H28ClN3O2.2ClH/c1-4-25-16-13-19(21,18(16,2)3)17(24)23-11-9-22(10-12-23)15-8-6-5-7-14(15)20;;/h5-8,16H,4,9-13,21H2,1-3H3;2*1H. The summed E-state index contributed by atoms with van der Waals surface area (Å²) in [6.45, 7) is 9.55. The molecule has 27 heavy (non-hydrogen) atoms. The van der Waals surface area contributed by atoms with Crippen molar-refractivity contribution in [3.8, 4) is 0 Å². The summed E-state index contributed by atoms with van der Waals surface area (Å²) in [4.78, 5) is 17.2. The molecule has 0 bridgehead atoms. The normalized spacial score (nSPS) is 26.5. The third-order valence-corrected chi connectivity index (χ3v) is 6.29. The number of hydrogen-bond donors (Lipinski definition) is 1. The van der Waals surface area contributed by atoms with Crippen LogP contribution in [0.25, 0.3) is 0 Å². The van der Waals surface area contributed by atoms with Gasteiger partial charge in [0.1, 0.15) is 5.54 Å². The topological polar surface area (TPSA) is 58.8 Å². The molecule has 2 unspecified atom stereocenters. The lowest BCUT2D eigenvalue weighted by Crippen LogP contribution is -2.76. The third-order valence-electron chi connectivity index (χ3n) is 5.97. The van der Waals surface area contributed by atoms with Gasteiger partial charge >= 0.3 is 0 Å². The van der Waals surface area contributed by atoms with E-state index in [0.717, 1.165) is 23.8 Å². The highest BCUT2D eigenvalue weighted by Crippen LogP contribution is 2.50. The fourth-order valence-corrected chi connectivity index (χ4v) is 4.19. The van der Waals surface area contributed by atoms with E-state index >= 15 is 0 Å². The zero-order valence-electron chi connectivity index (χ0n) is 16.1. The lowest BCUT2D eigenvalue weighted by Gasteiger charge is -2.59. The van der Waals surface area contributed by atoms with Gasteiger partial charge in [-0.1, -0.05) is 37.6 Å². The van der Waals surface area contributed by atoms with Crippen molar-refractivity contribution >= 4 is 48.0 Å². The van der Waals surface area contributed by atoms with Crippen molar-refractivity contribution in [1.29, 1.82) is 0 Å². The summed E-state index contributed by atoms with van der Waals surface area (Å²) < 4.78 is 5.74. The minimum absolute atomic E-state index is 0. The van der Waals surface area contributed by atoms with E-state index in [0.29, 0.717) is 26.1 Å². The Bertz CT molecular complexity index is 651. The molecule has 1 aliphatic carbocycles. The predicted octanol–water partition coefficient (Wildman–Crippen LogP) is 3.36. The first-order chi connectivity index (χ1) is 11.8. The largest absolute Gasteiger partial charge is 0.378 e. The van der Waals surface area contributed by atoms with Gasteiger partial charge in [-0.25, -0.2) is 0 Å². The average molecular weight is 439 g/mol. The number of nitrogens with two attached hydrogens (primary N) is 1. The number of nitrogens with zero attached hydrogens (tertiary/aromatic N) is 2. The number of benzene rings is 1. The van der Waals surface area contributed by atoms with Gasteiger partial charge < -0.3 is 20.3 Å². The van der Waals surface area contributed by atoms with Crippen molar-refractivity contribution in [1.82, 2.24) is 4.90 Å². The summed E-state index contributed by atoms with van der Waals surface area (Å²) >= 11 is 6.29. The number of piperazine rings is 1. The lowest BCUT2D eigenvalue weighted by molar-refractivity contribution is -0.179. The highest BCUT2D eigenvalue weighted by atomic mass is 35.5. The van der Waals surface area contributed by atoms with Crippen molar-refractivity contribution in [2.75, 3.05) is 37.7 Å². The van der Waals surface area contributed by atoms with E-state index in [1.54, 1.807) is 0 Å². The number of carbonyl (C=O) groups excluding carboxylic acids is 1. The molecule has 8 heteroatoms. The first kappa shape index (κ1) is 24.3. The number of para-hydroxylation sites is 1. The third kappa shape index (κ3) is 4.18. The maximum Gasteiger partial charge on any atom is 0.243 e. The number of amides is 1. The number of hydrogen-bond acceptors (Lipinski definition) is 4. The minimum Gasteiger partial charge on any atom is -0.378 e. The molecule has 1 aliphatic heterocycles. The zero-order valence-corrected chi connectivity index (χ0v) is 18.5. The van der Waals surface area contributed by atoms with Crippen molar-refractivity contribution < 1.29 is 9.53 Å². The Hall–Kier alpha value is -0.720. The number of halogens is 3. The molecular weight excluding hydrogens is 409 g/mol. The van der Waals surface area contributed by atoms with Crippen molar-refractivity contribution in [3.05, 3.63) is 29.3 Å². The minimum atomic E-state index is -0.834. The van der Waals surface area contributed by atoms with E-state index in [1.165, 1.54) is 0 Å². The highest BCUT2D eigenvalue weighted by Gasteiger charge is 2.63. The van der Waals surface area contributed by atoms with Crippen LogP contribution in [-0.4, -0.2) is 55.2 Å². The molecule has 0 aromatic heterocycles. The van der Waals surface area contributed by atoms with Crippen molar-refractivity contribution in [3.63, 3.8) is 0 Å². The van der Waals surface area contributed by atoms with Crippen LogP contribution in [0.5, 0.6) is 0 Å². The van der Waals surface area contributed by atoms with Crippen LogP contribution < -0.4 is 10.6 Å². The number of rotatable bonds is 4. The van der Waals surface area contributed by atoms with Crippen LogP contribution >= 0.6 is 36.4 Å². The van der Waals surface area contributed by atoms with Gasteiger partial charge in [0.15, 0.2) is 0 Å². The highest BCUT2D eigenvalue weighted by molar-refractivity contribution is 6.33. The van der Waals surface area contributed by atoms with Crippen LogP contribution in [0.1, 0.15) is 27.2 Å². The molecule has 2 fully saturated rings. The molecule has 1 saturated heterocycles. The van der Waals surface area contributed by atoms with Crippen molar-refractivity contribution in [2.45, 2.75) is 38.8 Å².